The van der Waals surface area contributed by atoms with E-state index in [1.54, 1.807) is 0 Å². The number of hydrogen-bond donors (Lipinski definition) is 1. The lowest BCUT2D eigenvalue weighted by Gasteiger charge is -2.47. The van der Waals surface area contributed by atoms with Gasteiger partial charge in [-0.15, -0.1) is 0 Å². The summed E-state index contributed by atoms with van der Waals surface area (Å²) in [4.78, 5) is 0. The van der Waals surface area contributed by atoms with Crippen LogP contribution in [0.3, 0.4) is 0 Å². The lowest BCUT2D eigenvalue weighted by molar-refractivity contribution is 0.170. The smallest absolute Gasteiger partial charge is 0.191 e. The Bertz CT molecular complexity index is 1030. The van der Waals surface area contributed by atoms with Gasteiger partial charge < -0.3 is 5.73 Å². The monoisotopic (exact) mass is 392 g/mol. The van der Waals surface area contributed by atoms with E-state index in [9.17, 15) is 24.6 Å². The first-order valence-electron chi connectivity index (χ1n) is 9.49. The molecule has 0 amide bonds. The Labute approximate surface area is 169 Å². The van der Waals surface area contributed by atoms with Gasteiger partial charge in [-0.3, -0.25) is 0 Å². The van der Waals surface area contributed by atoms with E-state index < -0.39 is 23.0 Å². The van der Waals surface area contributed by atoms with E-state index in [0.29, 0.717) is 17.6 Å². The van der Waals surface area contributed by atoms with Crippen LogP contribution in [-0.4, -0.2) is 0 Å². The van der Waals surface area contributed by atoms with Gasteiger partial charge in [-0.1, -0.05) is 32.9 Å². The zero-order valence-corrected chi connectivity index (χ0v) is 16.6. The van der Waals surface area contributed by atoms with Crippen LogP contribution in [0.1, 0.15) is 45.1 Å². The summed E-state index contributed by atoms with van der Waals surface area (Å²) in [5, 5.41) is 29.8. The number of allylic oxidation sites excluding steroid dienone is 4. The van der Waals surface area contributed by atoms with Gasteiger partial charge in [0.2, 0.25) is 0 Å². The van der Waals surface area contributed by atoms with E-state index in [4.69, 9.17) is 5.73 Å². The molecule has 0 spiro atoms. The maximum Gasteiger partial charge on any atom is 0.191 e. The number of nitrogens with two attached hydrogens (primary N) is 1. The molecule has 2 aliphatic carbocycles. The molecule has 3 rings (SSSR count). The summed E-state index contributed by atoms with van der Waals surface area (Å²) in [6, 6.07) is 9.53. The van der Waals surface area contributed by atoms with Gasteiger partial charge in [-0.25, -0.2) is 8.78 Å². The summed E-state index contributed by atoms with van der Waals surface area (Å²) in [6.07, 6.45) is 3.31. The zero-order valence-electron chi connectivity index (χ0n) is 16.6. The van der Waals surface area contributed by atoms with E-state index in [-0.39, 0.29) is 28.5 Å². The Hall–Kier alpha value is -3.17. The summed E-state index contributed by atoms with van der Waals surface area (Å²) in [6.45, 7) is 6.34. The minimum absolute atomic E-state index is 0.0396. The van der Waals surface area contributed by atoms with Crippen molar-refractivity contribution in [2.45, 2.75) is 39.5 Å². The second-order valence-electron chi connectivity index (χ2n) is 8.88. The van der Waals surface area contributed by atoms with Crippen LogP contribution in [0, 0.1) is 68.3 Å². The quantitative estimate of drug-likeness (QED) is 0.740. The molecule has 148 valence electrons. The molecular weight excluding hydrogens is 370 g/mol. The molecule has 2 aliphatic rings. The van der Waals surface area contributed by atoms with E-state index >= 15 is 0 Å². The van der Waals surface area contributed by atoms with Crippen molar-refractivity contribution >= 4 is 0 Å². The third-order valence-corrected chi connectivity index (χ3v) is 6.40. The highest BCUT2D eigenvalue weighted by atomic mass is 19.2. The summed E-state index contributed by atoms with van der Waals surface area (Å²) >= 11 is 0. The maximum atomic E-state index is 14.1. The Morgan fingerprint density at radius 1 is 1.10 bits per heavy atom. The van der Waals surface area contributed by atoms with Gasteiger partial charge in [-0.2, -0.15) is 15.8 Å². The van der Waals surface area contributed by atoms with Crippen molar-refractivity contribution in [3.8, 4) is 18.2 Å². The van der Waals surface area contributed by atoms with Crippen LogP contribution in [-0.2, 0) is 0 Å². The van der Waals surface area contributed by atoms with Crippen LogP contribution in [0.2, 0.25) is 0 Å². The van der Waals surface area contributed by atoms with E-state index in [2.05, 4.69) is 26.8 Å². The predicted molar refractivity (Wildman–Crippen MR) is 103 cm³/mol. The van der Waals surface area contributed by atoms with Gasteiger partial charge in [0.1, 0.15) is 6.07 Å². The molecule has 2 N–H and O–H groups in total. The number of nitriles is 3. The van der Waals surface area contributed by atoms with Crippen molar-refractivity contribution in [2.24, 2.45) is 28.4 Å². The number of fused-ring (bicyclic) bond motifs is 1. The van der Waals surface area contributed by atoms with E-state index in [1.807, 2.05) is 18.2 Å². The molecule has 0 radical (unpaired) electrons. The lowest BCUT2D eigenvalue weighted by atomic mass is 9.54. The number of hydrogen-bond acceptors (Lipinski definition) is 4. The molecule has 0 aliphatic heterocycles. The Morgan fingerprint density at radius 2 is 1.76 bits per heavy atom. The Morgan fingerprint density at radius 3 is 2.28 bits per heavy atom. The molecule has 4 nitrogen and oxygen atoms in total. The molecule has 1 aromatic rings. The Kier molecular flexibility index (Phi) is 4.97. The van der Waals surface area contributed by atoms with Crippen LogP contribution in [0.25, 0.3) is 0 Å². The average molecular weight is 392 g/mol. The third-order valence-electron chi connectivity index (χ3n) is 6.40. The topological polar surface area (TPSA) is 97.4 Å². The highest BCUT2D eigenvalue weighted by Gasteiger charge is 2.55. The summed E-state index contributed by atoms with van der Waals surface area (Å²) < 4.78 is 27.6. The van der Waals surface area contributed by atoms with Crippen LogP contribution >= 0.6 is 0 Å². The molecule has 0 saturated heterocycles. The van der Waals surface area contributed by atoms with Crippen molar-refractivity contribution in [3.05, 3.63) is 58.3 Å². The van der Waals surface area contributed by atoms with Gasteiger partial charge in [0.25, 0.3) is 0 Å². The van der Waals surface area contributed by atoms with Crippen LogP contribution in [0.5, 0.6) is 0 Å². The number of nitrogens with zero attached hydrogens (tertiary/aromatic N) is 3. The number of halogens is 2. The molecular formula is C23H22F2N4. The molecule has 0 saturated carbocycles. The highest BCUT2D eigenvalue weighted by Crippen LogP contribution is 2.57. The molecule has 0 bridgehead atoms. The molecule has 29 heavy (non-hydrogen) atoms. The molecule has 0 fully saturated rings. The van der Waals surface area contributed by atoms with Gasteiger partial charge in [0.05, 0.1) is 23.4 Å². The Balaban J connectivity index is 2.32. The lowest BCUT2D eigenvalue weighted by Crippen LogP contribution is -2.44. The first-order valence-corrected chi connectivity index (χ1v) is 9.49. The molecule has 0 unspecified atom stereocenters. The summed E-state index contributed by atoms with van der Waals surface area (Å²) in [7, 11) is 0. The van der Waals surface area contributed by atoms with Crippen molar-refractivity contribution in [2.75, 3.05) is 0 Å². The second kappa shape index (κ2) is 7.02. The summed E-state index contributed by atoms with van der Waals surface area (Å²) in [5.74, 6) is -2.99. The highest BCUT2D eigenvalue weighted by molar-refractivity contribution is 5.59. The first-order chi connectivity index (χ1) is 13.6. The second-order valence-corrected chi connectivity index (χ2v) is 8.88. The van der Waals surface area contributed by atoms with Gasteiger partial charge in [-0.05, 0) is 53.4 Å². The van der Waals surface area contributed by atoms with Gasteiger partial charge in [0, 0.05) is 5.92 Å². The SMILES string of the molecule is CC(C)(C)[C@H]1CC=C2C(C#N)=C(N)C(C#N)(C#N)[C@H](c3ccc(F)c(F)c3)[C@H]2C1. The fourth-order valence-corrected chi connectivity index (χ4v) is 4.68. The van der Waals surface area contributed by atoms with E-state index in [0.717, 1.165) is 18.6 Å². The largest absolute Gasteiger partial charge is 0.399 e. The molecule has 0 heterocycles. The fraction of sp³-hybridized carbons (Fsp3) is 0.435. The fourth-order valence-electron chi connectivity index (χ4n) is 4.68. The predicted octanol–water partition coefficient (Wildman–Crippen LogP) is 4.83. The standard InChI is InChI=1S/C23H22F2N4/c1-22(2,3)14-5-6-15-16(9-14)20(13-4-7-18(24)19(25)8-13)23(11-27,12-28)21(29)17(15)10-26/h4,6-8,14,16,20H,5,9,29H2,1-3H3/t14-,16-,20+/m0/s1. The average Bonchev–Trinajstić information content (AvgIpc) is 2.68. The molecule has 0 aromatic heterocycles. The molecule has 6 heteroatoms. The van der Waals surface area contributed by atoms with Gasteiger partial charge in [0.15, 0.2) is 17.0 Å². The molecule has 3 atom stereocenters. The van der Waals surface area contributed by atoms with Crippen molar-refractivity contribution in [1.82, 2.24) is 0 Å². The minimum atomic E-state index is -1.84. The van der Waals surface area contributed by atoms with E-state index in [1.165, 1.54) is 6.07 Å². The van der Waals surface area contributed by atoms with Gasteiger partial charge >= 0.3 is 0 Å². The number of benzene rings is 1. The van der Waals surface area contributed by atoms with Crippen LogP contribution < -0.4 is 5.73 Å². The van der Waals surface area contributed by atoms with Crippen molar-refractivity contribution < 1.29 is 8.78 Å². The first kappa shape index (κ1) is 20.6. The maximum absolute atomic E-state index is 14.1. The zero-order chi connectivity index (χ0) is 21.6. The normalized spacial score (nSPS) is 25.9. The third kappa shape index (κ3) is 3.08. The summed E-state index contributed by atoms with van der Waals surface area (Å²) in [5.41, 5.74) is 5.41. The van der Waals surface area contributed by atoms with Crippen LogP contribution in [0.4, 0.5) is 8.78 Å². The molecule has 1 aromatic carbocycles. The van der Waals surface area contributed by atoms with Crippen molar-refractivity contribution in [1.29, 1.82) is 15.8 Å². The van der Waals surface area contributed by atoms with Crippen molar-refractivity contribution in [3.63, 3.8) is 0 Å². The minimum Gasteiger partial charge on any atom is -0.399 e. The van der Waals surface area contributed by atoms with Crippen LogP contribution in [0.15, 0.2) is 41.1 Å². The number of rotatable bonds is 1.